The molecule has 3 aromatic carbocycles. The number of imidazole rings is 1. The van der Waals surface area contributed by atoms with E-state index in [-0.39, 0.29) is 12.2 Å². The van der Waals surface area contributed by atoms with Crippen LogP contribution in [0.25, 0.3) is 28.5 Å². The predicted octanol–water partition coefficient (Wildman–Crippen LogP) is 11.7. The topological polar surface area (TPSA) is 27.8 Å². The molecule has 0 saturated carbocycles. The van der Waals surface area contributed by atoms with Crippen LogP contribution in [0.4, 0.5) is 0 Å². The summed E-state index contributed by atoms with van der Waals surface area (Å²) in [5.74, 6) is 2.28. The monoisotopic (exact) mass is 728 g/mol. The second-order valence-electron chi connectivity index (χ2n) is 12.7. The van der Waals surface area contributed by atoms with Crippen molar-refractivity contribution in [3.05, 3.63) is 118 Å². The molecule has 0 fully saturated rings. The molecule has 5 aromatic rings. The maximum absolute atomic E-state index is 7.68. The molecule has 0 amide bonds. The third kappa shape index (κ3) is 7.44. The van der Waals surface area contributed by atoms with Crippen LogP contribution in [0.1, 0.15) is 83.9 Å². The van der Waals surface area contributed by atoms with Crippen molar-refractivity contribution < 1.29 is 24.8 Å². The minimum atomic E-state index is -1.84. The molecule has 0 spiro atoms. The van der Waals surface area contributed by atoms with E-state index < -0.39 is 15.3 Å². The summed E-state index contributed by atoms with van der Waals surface area (Å²) in [7, 11) is 7.68. The van der Waals surface area contributed by atoms with E-state index in [0.29, 0.717) is 11.8 Å². The standard InChI is InChI=1S/C31H38N2O2.C9H9.ClH.Pd/c1-20(2)25-13-10-14-26(21(3)4)31(25)32-18-24-12-9-15-27(33(24)19-32)30-28(34-22(5)6)16-11-17-29(30)35-23(7)8;1-2-6-9-7-4-3-5-8-9;;/h9-18,20-23H,1-8H3;2-8H,1H2;1H;/q;;;-1/p-1. The number of allylic oxidation sites excluding steroid dienone is 1. The van der Waals surface area contributed by atoms with Gasteiger partial charge < -0.3 is 0 Å². The molecule has 6 heteroatoms. The van der Waals surface area contributed by atoms with Crippen molar-refractivity contribution in [1.82, 2.24) is 8.97 Å². The average molecular weight is 730 g/mol. The molecule has 0 N–H and O–H groups in total. The molecule has 248 valence electrons. The van der Waals surface area contributed by atoms with Crippen molar-refractivity contribution in [2.45, 2.75) is 84.3 Å². The van der Waals surface area contributed by atoms with Crippen LogP contribution in [0.2, 0.25) is 4.89 Å². The van der Waals surface area contributed by atoms with Crippen molar-refractivity contribution in [2.24, 2.45) is 0 Å². The summed E-state index contributed by atoms with van der Waals surface area (Å²) in [4.78, 5) is 0.767. The summed E-state index contributed by atoms with van der Waals surface area (Å²) in [6.07, 6.45) is 6.70. The third-order valence-corrected chi connectivity index (χ3v) is 11.3. The first-order valence-corrected chi connectivity index (χ1v) is 20.0. The van der Waals surface area contributed by atoms with Crippen molar-refractivity contribution in [3.63, 3.8) is 0 Å². The van der Waals surface area contributed by atoms with Gasteiger partial charge in [-0.05, 0) is 0 Å². The quantitative estimate of drug-likeness (QED) is 0.127. The van der Waals surface area contributed by atoms with E-state index in [1.54, 1.807) is 0 Å². The van der Waals surface area contributed by atoms with E-state index in [9.17, 15) is 0 Å². The Kier molecular flexibility index (Phi) is 11.1. The number of hydrogen-bond acceptors (Lipinski definition) is 2. The maximum atomic E-state index is 7.68. The van der Waals surface area contributed by atoms with Crippen molar-refractivity contribution in [2.75, 3.05) is 0 Å². The number of aromatic nitrogens is 2. The number of nitrogens with zero attached hydrogens (tertiary/aromatic N) is 2. The Morgan fingerprint density at radius 2 is 1.26 bits per heavy atom. The molecule has 0 aliphatic heterocycles. The van der Waals surface area contributed by atoms with Gasteiger partial charge in [0.2, 0.25) is 0 Å². The van der Waals surface area contributed by atoms with Crippen LogP contribution in [0.5, 0.6) is 11.5 Å². The van der Waals surface area contributed by atoms with Gasteiger partial charge in [0.15, 0.2) is 0 Å². The molecule has 46 heavy (non-hydrogen) atoms. The van der Waals surface area contributed by atoms with Gasteiger partial charge in [0.1, 0.15) is 0 Å². The van der Waals surface area contributed by atoms with Gasteiger partial charge in [-0.1, -0.05) is 0 Å². The molecular formula is C40H47ClN2O2Pd-2. The van der Waals surface area contributed by atoms with Crippen LogP contribution in [-0.2, 0) is 15.3 Å². The zero-order valence-corrected chi connectivity index (χ0v) is 30.5. The number of para-hydroxylation sites is 1. The summed E-state index contributed by atoms with van der Waals surface area (Å²) >= 11 is -1.84. The molecule has 5 rings (SSSR count). The Hall–Kier alpha value is -3.36. The van der Waals surface area contributed by atoms with Gasteiger partial charge in [-0.2, -0.15) is 0 Å². The van der Waals surface area contributed by atoms with Crippen LogP contribution in [0.3, 0.4) is 0 Å². The van der Waals surface area contributed by atoms with Crippen molar-refractivity contribution >= 4 is 21.1 Å². The predicted molar refractivity (Wildman–Crippen MR) is 191 cm³/mol. The molecule has 0 unspecified atom stereocenters. The number of hydrogen-bond donors (Lipinski definition) is 0. The van der Waals surface area contributed by atoms with E-state index >= 15 is 0 Å². The SMILES string of the molecule is CC(C)Oc1cccc(OC(C)C)c1-c1cccc2cn(-c3c(C(C)C)cccc3C(C)C)[c](=[Pd-2]([Cl])[CH2]C=Cc3ccccc3)n12. The van der Waals surface area contributed by atoms with Gasteiger partial charge in [-0.3, -0.25) is 0 Å². The first-order valence-electron chi connectivity index (χ1n) is 16.2. The van der Waals surface area contributed by atoms with Gasteiger partial charge in [0, 0.05) is 0 Å². The van der Waals surface area contributed by atoms with Crippen LogP contribution >= 0.6 is 9.53 Å². The minimum absolute atomic E-state index is 0.00427. The van der Waals surface area contributed by atoms with E-state index in [4.69, 9.17) is 19.0 Å². The number of benzene rings is 3. The van der Waals surface area contributed by atoms with Crippen LogP contribution in [0, 0.1) is 3.89 Å². The molecule has 2 aromatic heterocycles. The molecule has 0 saturated heterocycles. The number of ether oxygens (including phenoxy) is 2. The zero-order valence-electron chi connectivity index (χ0n) is 28.2. The number of fused-ring (bicyclic) bond motifs is 1. The number of pyridine rings is 1. The molecule has 0 aliphatic rings. The van der Waals surface area contributed by atoms with E-state index in [1.165, 1.54) is 22.4 Å². The summed E-state index contributed by atoms with van der Waals surface area (Å²) in [6.45, 7) is 17.3. The normalized spacial score (nSPS) is 13.5. The van der Waals surface area contributed by atoms with E-state index in [1.807, 2.05) is 24.3 Å². The van der Waals surface area contributed by atoms with E-state index in [0.717, 1.165) is 37.1 Å². The number of rotatable bonds is 11. The van der Waals surface area contributed by atoms with Gasteiger partial charge in [-0.25, -0.2) is 0 Å². The third-order valence-electron chi connectivity index (χ3n) is 7.64. The summed E-state index contributed by atoms with van der Waals surface area (Å²) in [5, 5.41) is 0. The molecule has 0 radical (unpaired) electrons. The Balaban J connectivity index is 1.90. The van der Waals surface area contributed by atoms with Crippen molar-refractivity contribution in [1.29, 1.82) is 0 Å². The Labute approximate surface area is 284 Å². The van der Waals surface area contributed by atoms with Crippen LogP contribution in [0.15, 0.2) is 97.2 Å². The molecule has 0 bridgehead atoms. The van der Waals surface area contributed by atoms with Gasteiger partial charge in [0.05, 0.1) is 0 Å². The average Bonchev–Trinajstić information content (AvgIpc) is 3.40. The fraction of sp³-hybridized carbons (Fsp3) is 0.325. The Morgan fingerprint density at radius 3 is 1.83 bits per heavy atom. The first-order chi connectivity index (χ1) is 22.1. The molecule has 2 heterocycles. The van der Waals surface area contributed by atoms with E-state index in [2.05, 4.69) is 143 Å². The Bertz CT molecular complexity index is 1840. The summed E-state index contributed by atoms with van der Waals surface area (Å²) in [6, 6.07) is 29.7. The van der Waals surface area contributed by atoms with Crippen molar-refractivity contribution in [3.8, 4) is 28.4 Å². The zero-order chi connectivity index (χ0) is 33.0. The van der Waals surface area contributed by atoms with Gasteiger partial charge >= 0.3 is 285 Å². The molecule has 4 nitrogen and oxygen atoms in total. The second-order valence-corrected chi connectivity index (χ2v) is 17.0. The second kappa shape index (κ2) is 15.0. The molecule has 0 aliphatic carbocycles. The Morgan fingerprint density at radius 1 is 0.696 bits per heavy atom. The molecule has 0 atom stereocenters. The van der Waals surface area contributed by atoms with Gasteiger partial charge in [0.25, 0.3) is 0 Å². The molecular weight excluding hydrogens is 682 g/mol. The fourth-order valence-electron chi connectivity index (χ4n) is 5.73. The van der Waals surface area contributed by atoms with Crippen LogP contribution in [-0.4, -0.2) is 21.2 Å². The number of halogens is 1. The van der Waals surface area contributed by atoms with Crippen LogP contribution < -0.4 is 9.47 Å². The fourth-order valence-corrected chi connectivity index (χ4v) is 8.95. The summed E-state index contributed by atoms with van der Waals surface area (Å²) < 4.78 is 18.8. The van der Waals surface area contributed by atoms with Gasteiger partial charge in [-0.15, -0.1) is 0 Å². The summed E-state index contributed by atoms with van der Waals surface area (Å²) in [5.41, 5.74) is 8.07. The first kappa shape index (κ1) is 34.0.